The maximum Gasteiger partial charge on any atom is 0.416 e. The van der Waals surface area contributed by atoms with Crippen LogP contribution in [0.1, 0.15) is 42.3 Å². The number of rotatable bonds is 3. The number of hydrogen-bond acceptors (Lipinski definition) is 2. The molecule has 0 aliphatic heterocycles. The molecule has 2 rings (SSSR count). The van der Waals surface area contributed by atoms with E-state index >= 15 is 0 Å². The zero-order valence-corrected chi connectivity index (χ0v) is 13.8. The molecule has 0 radical (unpaired) electrons. The minimum Gasteiger partial charge on any atom is -0.478 e. The predicted molar refractivity (Wildman–Crippen MR) is 86.8 cm³/mol. The highest BCUT2D eigenvalue weighted by molar-refractivity contribution is 5.95. The molecule has 0 atom stereocenters. The third-order valence-corrected chi connectivity index (χ3v) is 3.64. The van der Waals surface area contributed by atoms with E-state index < -0.39 is 28.9 Å². The third kappa shape index (κ3) is 4.29. The maximum atomic E-state index is 13.6. The first-order valence-corrected chi connectivity index (χ1v) is 7.41. The van der Waals surface area contributed by atoms with Crippen molar-refractivity contribution in [1.82, 2.24) is 0 Å². The van der Waals surface area contributed by atoms with E-state index in [-0.39, 0.29) is 11.3 Å². The van der Waals surface area contributed by atoms with Gasteiger partial charge in [0.25, 0.3) is 0 Å². The summed E-state index contributed by atoms with van der Waals surface area (Å²) >= 11 is 0. The lowest BCUT2D eigenvalue weighted by molar-refractivity contribution is -0.137. The van der Waals surface area contributed by atoms with E-state index in [9.17, 15) is 27.5 Å². The molecule has 0 fully saturated rings. The number of hydrogen-bond donors (Lipinski definition) is 2. The number of alkyl halides is 3. The quantitative estimate of drug-likeness (QED) is 0.706. The highest BCUT2D eigenvalue weighted by Crippen LogP contribution is 2.36. The number of carboxylic acid groups (broad SMARTS) is 1. The Labute approximate surface area is 142 Å². The van der Waals surface area contributed by atoms with E-state index in [0.29, 0.717) is 17.3 Å². The summed E-state index contributed by atoms with van der Waals surface area (Å²) in [5.74, 6) is -1.85. The van der Waals surface area contributed by atoms with Crippen molar-refractivity contribution < 1.29 is 27.5 Å². The van der Waals surface area contributed by atoms with Crippen molar-refractivity contribution in [3.63, 3.8) is 0 Å². The molecule has 0 saturated heterocycles. The molecule has 2 aromatic carbocycles. The number of benzene rings is 2. The van der Waals surface area contributed by atoms with Crippen LogP contribution >= 0.6 is 0 Å². The largest absolute Gasteiger partial charge is 0.478 e. The Morgan fingerprint density at radius 2 is 1.64 bits per heavy atom. The smallest absolute Gasteiger partial charge is 0.416 e. The standard InChI is InChI=1S/C18H17F4NO2/c1-17(2,3)13-9-11(19)5-7-14(13)23-15-8-10(18(20,21)22)4-6-12(15)16(24)25/h4-9,23H,1-3H3,(H,24,25). The van der Waals surface area contributed by atoms with Gasteiger partial charge in [-0.3, -0.25) is 0 Å². The van der Waals surface area contributed by atoms with Crippen molar-refractivity contribution in [3.8, 4) is 0 Å². The predicted octanol–water partition coefficient (Wildman–Crippen LogP) is 5.58. The van der Waals surface area contributed by atoms with Crippen LogP contribution in [-0.4, -0.2) is 11.1 Å². The molecule has 0 unspecified atom stereocenters. The summed E-state index contributed by atoms with van der Waals surface area (Å²) in [5.41, 5.74) is -1.14. The molecular weight excluding hydrogens is 338 g/mol. The molecule has 0 saturated carbocycles. The summed E-state index contributed by atoms with van der Waals surface area (Å²) in [7, 11) is 0. The number of anilines is 2. The Bertz CT molecular complexity index is 808. The summed E-state index contributed by atoms with van der Waals surface area (Å²) in [5, 5.41) is 12.0. The molecule has 7 heteroatoms. The second kappa shape index (κ2) is 6.38. The maximum absolute atomic E-state index is 13.6. The van der Waals surface area contributed by atoms with Gasteiger partial charge >= 0.3 is 12.1 Å². The van der Waals surface area contributed by atoms with Gasteiger partial charge in [0.15, 0.2) is 0 Å². The average Bonchev–Trinajstić information content (AvgIpc) is 2.46. The first kappa shape index (κ1) is 18.8. The fraction of sp³-hybridized carbons (Fsp3) is 0.278. The molecule has 3 nitrogen and oxygen atoms in total. The Kier molecular flexibility index (Phi) is 4.79. The summed E-state index contributed by atoms with van der Waals surface area (Å²) in [6.45, 7) is 5.45. The topological polar surface area (TPSA) is 49.3 Å². The zero-order valence-electron chi connectivity index (χ0n) is 13.8. The van der Waals surface area contributed by atoms with Crippen LogP contribution in [-0.2, 0) is 11.6 Å². The highest BCUT2D eigenvalue weighted by Gasteiger charge is 2.32. The molecule has 2 N–H and O–H groups in total. The summed E-state index contributed by atoms with van der Waals surface area (Å²) in [4.78, 5) is 11.3. The van der Waals surface area contributed by atoms with Crippen LogP contribution in [0.4, 0.5) is 28.9 Å². The van der Waals surface area contributed by atoms with Crippen LogP contribution in [0, 0.1) is 5.82 Å². The lowest BCUT2D eigenvalue weighted by Crippen LogP contribution is -2.15. The van der Waals surface area contributed by atoms with Gasteiger partial charge in [-0.2, -0.15) is 13.2 Å². The van der Waals surface area contributed by atoms with E-state index in [2.05, 4.69) is 5.32 Å². The lowest BCUT2D eigenvalue weighted by Gasteiger charge is -2.24. The van der Waals surface area contributed by atoms with Gasteiger partial charge in [-0.25, -0.2) is 9.18 Å². The van der Waals surface area contributed by atoms with E-state index in [1.807, 2.05) is 20.8 Å². The molecule has 25 heavy (non-hydrogen) atoms. The Morgan fingerprint density at radius 3 is 2.16 bits per heavy atom. The Balaban J connectivity index is 2.58. The number of carboxylic acids is 1. The minimum absolute atomic E-state index is 0.209. The van der Waals surface area contributed by atoms with Crippen LogP contribution in [0.3, 0.4) is 0 Å². The second-order valence-electron chi connectivity index (χ2n) is 6.63. The first-order chi connectivity index (χ1) is 11.4. The minimum atomic E-state index is -4.61. The van der Waals surface area contributed by atoms with Crippen molar-refractivity contribution in [2.24, 2.45) is 0 Å². The number of aromatic carboxylic acids is 1. The normalized spacial score (nSPS) is 12.1. The first-order valence-electron chi connectivity index (χ1n) is 7.41. The van der Waals surface area contributed by atoms with E-state index in [0.717, 1.165) is 18.2 Å². The van der Waals surface area contributed by atoms with Crippen molar-refractivity contribution in [3.05, 3.63) is 58.9 Å². The molecule has 0 bridgehead atoms. The average molecular weight is 355 g/mol. The molecule has 0 spiro atoms. The molecule has 0 heterocycles. The molecule has 0 aliphatic rings. The van der Waals surface area contributed by atoms with Gasteiger partial charge in [0.2, 0.25) is 0 Å². The Morgan fingerprint density at radius 1 is 1.00 bits per heavy atom. The van der Waals surface area contributed by atoms with Gasteiger partial charge in [-0.1, -0.05) is 20.8 Å². The van der Waals surface area contributed by atoms with Crippen LogP contribution in [0.25, 0.3) is 0 Å². The number of halogens is 4. The fourth-order valence-corrected chi connectivity index (χ4v) is 2.40. The van der Waals surface area contributed by atoms with Crippen LogP contribution in [0.15, 0.2) is 36.4 Å². The van der Waals surface area contributed by atoms with E-state index in [1.165, 1.54) is 12.1 Å². The number of nitrogens with one attached hydrogen (secondary N) is 1. The van der Waals surface area contributed by atoms with Crippen LogP contribution in [0.5, 0.6) is 0 Å². The molecule has 0 aromatic heterocycles. The van der Waals surface area contributed by atoms with Gasteiger partial charge in [-0.15, -0.1) is 0 Å². The molecule has 134 valence electrons. The lowest BCUT2D eigenvalue weighted by atomic mass is 9.85. The SMILES string of the molecule is CC(C)(C)c1cc(F)ccc1Nc1cc(C(F)(F)F)ccc1C(=O)O. The van der Waals surface area contributed by atoms with E-state index in [4.69, 9.17) is 0 Å². The van der Waals surface area contributed by atoms with Crippen molar-refractivity contribution >= 4 is 17.3 Å². The zero-order chi connectivity index (χ0) is 19.0. The van der Waals surface area contributed by atoms with Crippen molar-refractivity contribution in [2.75, 3.05) is 5.32 Å². The monoisotopic (exact) mass is 355 g/mol. The molecule has 0 aliphatic carbocycles. The third-order valence-electron chi connectivity index (χ3n) is 3.64. The summed E-state index contributed by atoms with van der Waals surface area (Å²) in [6, 6.07) is 6.15. The van der Waals surface area contributed by atoms with Gasteiger partial charge in [-0.05, 0) is 47.4 Å². The Hall–Kier alpha value is -2.57. The van der Waals surface area contributed by atoms with Crippen molar-refractivity contribution in [2.45, 2.75) is 32.4 Å². The summed E-state index contributed by atoms with van der Waals surface area (Å²) in [6.07, 6.45) is -4.61. The van der Waals surface area contributed by atoms with Crippen LogP contribution < -0.4 is 5.32 Å². The van der Waals surface area contributed by atoms with E-state index in [1.54, 1.807) is 0 Å². The number of carbonyl (C=O) groups is 1. The highest BCUT2D eigenvalue weighted by atomic mass is 19.4. The fourth-order valence-electron chi connectivity index (χ4n) is 2.40. The van der Waals surface area contributed by atoms with Gasteiger partial charge in [0.05, 0.1) is 16.8 Å². The summed E-state index contributed by atoms with van der Waals surface area (Å²) < 4.78 is 52.4. The van der Waals surface area contributed by atoms with Gasteiger partial charge in [0, 0.05) is 5.69 Å². The molecule has 2 aromatic rings. The van der Waals surface area contributed by atoms with Crippen LogP contribution in [0.2, 0.25) is 0 Å². The molecular formula is C18H17F4NO2. The van der Waals surface area contributed by atoms with Gasteiger partial charge < -0.3 is 10.4 Å². The molecule has 0 amide bonds. The van der Waals surface area contributed by atoms with Gasteiger partial charge in [0.1, 0.15) is 5.82 Å². The van der Waals surface area contributed by atoms with Crippen molar-refractivity contribution in [1.29, 1.82) is 0 Å². The second-order valence-corrected chi connectivity index (χ2v) is 6.63.